The van der Waals surface area contributed by atoms with Gasteiger partial charge in [0.15, 0.2) is 5.96 Å². The van der Waals surface area contributed by atoms with Crippen molar-refractivity contribution in [3.63, 3.8) is 0 Å². The van der Waals surface area contributed by atoms with E-state index in [1.165, 1.54) is 0 Å². The molecular formula is C27H55N7. The molecule has 3 N–H and O–H groups in total. The minimum absolute atomic E-state index is 0.0796. The first kappa shape index (κ1) is 28.9. The molecular weight excluding hydrogens is 422 g/mol. The van der Waals surface area contributed by atoms with E-state index in [1.54, 1.807) is 0 Å². The van der Waals surface area contributed by atoms with E-state index in [0.717, 1.165) is 45.1 Å². The van der Waals surface area contributed by atoms with Gasteiger partial charge in [0.25, 0.3) is 0 Å². The van der Waals surface area contributed by atoms with Crippen molar-refractivity contribution in [2.45, 2.75) is 135 Å². The molecule has 2 aliphatic heterocycles. The van der Waals surface area contributed by atoms with Gasteiger partial charge in [-0.2, -0.15) is 4.99 Å². The fraction of sp³-hybridized carbons (Fsp3) is 0.926. The van der Waals surface area contributed by atoms with Gasteiger partial charge >= 0.3 is 0 Å². The zero-order valence-electron chi connectivity index (χ0n) is 24.4. The summed E-state index contributed by atoms with van der Waals surface area (Å²) in [4.78, 5) is 12.1. The highest BCUT2D eigenvalue weighted by Gasteiger charge is 2.45. The van der Waals surface area contributed by atoms with Crippen LogP contribution >= 0.6 is 0 Å². The maximum atomic E-state index is 9.05. The molecule has 7 nitrogen and oxygen atoms in total. The van der Waals surface area contributed by atoms with Crippen LogP contribution in [-0.4, -0.2) is 88.5 Å². The number of rotatable bonds is 5. The van der Waals surface area contributed by atoms with Gasteiger partial charge in [-0.3, -0.25) is 15.2 Å². The van der Waals surface area contributed by atoms with Gasteiger partial charge in [0.05, 0.1) is 0 Å². The molecule has 198 valence electrons. The average molecular weight is 478 g/mol. The first-order valence-electron chi connectivity index (χ1n) is 13.3. The number of guanidine groups is 2. The Kier molecular flexibility index (Phi) is 8.78. The highest BCUT2D eigenvalue weighted by atomic mass is 15.3. The van der Waals surface area contributed by atoms with Gasteiger partial charge in [0.1, 0.15) is 0 Å². The molecule has 2 heterocycles. The van der Waals surface area contributed by atoms with Gasteiger partial charge < -0.3 is 15.5 Å². The first-order valence-corrected chi connectivity index (χ1v) is 13.3. The van der Waals surface area contributed by atoms with E-state index >= 15 is 0 Å². The zero-order chi connectivity index (χ0) is 26.1. The first-order chi connectivity index (χ1) is 15.5. The molecule has 7 heteroatoms. The predicted molar refractivity (Wildman–Crippen MR) is 147 cm³/mol. The van der Waals surface area contributed by atoms with Crippen molar-refractivity contribution in [1.82, 2.24) is 25.3 Å². The van der Waals surface area contributed by atoms with E-state index in [2.05, 4.69) is 102 Å². The molecule has 0 aromatic rings. The number of hydrogen-bond acceptors (Lipinski definition) is 3. The number of aliphatic imine (C=N–C) groups is 1. The molecule has 2 aliphatic rings. The molecule has 2 saturated heterocycles. The predicted octanol–water partition coefficient (Wildman–Crippen LogP) is 4.49. The maximum Gasteiger partial charge on any atom is 0.221 e. The molecule has 34 heavy (non-hydrogen) atoms. The molecule has 0 aromatic heterocycles. The van der Waals surface area contributed by atoms with Crippen LogP contribution in [0.2, 0.25) is 0 Å². The Morgan fingerprint density at radius 1 is 0.882 bits per heavy atom. The third kappa shape index (κ3) is 6.45. The van der Waals surface area contributed by atoms with E-state index in [0.29, 0.717) is 24.0 Å². The second-order valence-electron chi connectivity index (χ2n) is 13.3. The Hall–Kier alpha value is -1.34. The summed E-state index contributed by atoms with van der Waals surface area (Å²) < 4.78 is 0. The summed E-state index contributed by atoms with van der Waals surface area (Å²) >= 11 is 0. The molecule has 0 saturated carbocycles. The minimum atomic E-state index is 0.0796. The van der Waals surface area contributed by atoms with Crippen LogP contribution in [0, 0.1) is 5.41 Å². The zero-order valence-corrected chi connectivity index (χ0v) is 24.4. The normalized spacial score (nSPS) is 25.7. The summed E-state index contributed by atoms with van der Waals surface area (Å²) in [5, 5.41) is 16.0. The smallest absolute Gasteiger partial charge is 0.221 e. The van der Waals surface area contributed by atoms with Crippen LogP contribution in [-0.2, 0) is 0 Å². The molecule has 0 amide bonds. The molecule has 0 radical (unpaired) electrons. The largest absolute Gasteiger partial charge is 0.359 e. The van der Waals surface area contributed by atoms with Gasteiger partial charge in [-0.05, 0) is 102 Å². The lowest BCUT2D eigenvalue weighted by Crippen LogP contribution is -2.63. The van der Waals surface area contributed by atoms with E-state index in [9.17, 15) is 0 Å². The summed E-state index contributed by atoms with van der Waals surface area (Å²) in [6.45, 7) is 21.7. The number of unbranched alkanes of at least 4 members (excludes halogenated alkanes) is 1. The standard InChI is InChI=1S/C27H55N7/c1-13-14-15-34(21-18-26(6,7)33(12)27(8,9)19-21)22(28)31-23(29-10)30-20-16-24(2,3)32(11)25(4,5)17-20/h20-21H,13-19H2,1-12H3,(H3,28,29,30,31). The van der Waals surface area contributed by atoms with Crippen molar-refractivity contribution >= 4 is 11.9 Å². The molecule has 2 rings (SSSR count). The van der Waals surface area contributed by atoms with Crippen LogP contribution in [0.15, 0.2) is 4.99 Å². The van der Waals surface area contributed by atoms with Crippen LogP contribution in [0.25, 0.3) is 0 Å². The van der Waals surface area contributed by atoms with Crippen molar-refractivity contribution in [1.29, 1.82) is 5.41 Å². The molecule has 0 aromatic carbocycles. The number of nitrogens with one attached hydrogen (secondary N) is 3. The SMILES string of the molecule is CCCCN(C(=N)/N=C(\NC)NC1CC(C)(C)N(C)C(C)(C)C1)C1CC(C)(C)N(C)C(C)(C)C1. The fourth-order valence-corrected chi connectivity index (χ4v) is 6.33. The quantitative estimate of drug-likeness (QED) is 0.402. The topological polar surface area (TPSA) is 70.0 Å². The average Bonchev–Trinajstić information content (AvgIpc) is 2.69. The van der Waals surface area contributed by atoms with Gasteiger partial charge in [0, 0.05) is 47.8 Å². The Bertz CT molecular complexity index is 701. The van der Waals surface area contributed by atoms with Gasteiger partial charge in [-0.25, -0.2) is 0 Å². The summed E-state index contributed by atoms with van der Waals surface area (Å²) in [6, 6.07) is 0.619. The summed E-state index contributed by atoms with van der Waals surface area (Å²) in [5.41, 5.74) is 0.362. The van der Waals surface area contributed by atoms with Crippen molar-refractivity contribution in [2.75, 3.05) is 27.7 Å². The summed E-state index contributed by atoms with van der Waals surface area (Å²) in [5.74, 6) is 1.08. The monoisotopic (exact) mass is 477 g/mol. The Morgan fingerprint density at radius 3 is 1.74 bits per heavy atom. The summed E-state index contributed by atoms with van der Waals surface area (Å²) in [7, 11) is 6.38. The molecule has 0 atom stereocenters. The summed E-state index contributed by atoms with van der Waals surface area (Å²) in [6.07, 6.45) is 6.34. The highest BCUT2D eigenvalue weighted by Crippen LogP contribution is 2.39. The van der Waals surface area contributed by atoms with Gasteiger partial charge in [-0.1, -0.05) is 13.3 Å². The minimum Gasteiger partial charge on any atom is -0.359 e. The third-order valence-electron chi connectivity index (χ3n) is 8.85. The van der Waals surface area contributed by atoms with Crippen LogP contribution in [0.4, 0.5) is 0 Å². The molecule has 2 fully saturated rings. The molecule has 0 aliphatic carbocycles. The molecule has 0 unspecified atom stereocenters. The van der Waals surface area contributed by atoms with Crippen LogP contribution in [0.3, 0.4) is 0 Å². The fourth-order valence-electron chi connectivity index (χ4n) is 6.33. The third-order valence-corrected chi connectivity index (χ3v) is 8.85. The van der Waals surface area contributed by atoms with Crippen molar-refractivity contribution in [3.05, 3.63) is 0 Å². The second-order valence-corrected chi connectivity index (χ2v) is 13.3. The Labute approximate surface area is 210 Å². The number of likely N-dealkylation sites (tertiary alicyclic amines) is 2. The van der Waals surface area contributed by atoms with Gasteiger partial charge in [0.2, 0.25) is 5.96 Å². The van der Waals surface area contributed by atoms with E-state index in [-0.39, 0.29) is 22.2 Å². The van der Waals surface area contributed by atoms with Crippen molar-refractivity contribution < 1.29 is 0 Å². The lowest BCUT2D eigenvalue weighted by molar-refractivity contribution is -0.0350. The molecule has 0 spiro atoms. The Balaban J connectivity index is 2.24. The van der Waals surface area contributed by atoms with E-state index in [4.69, 9.17) is 10.4 Å². The van der Waals surface area contributed by atoms with Crippen molar-refractivity contribution in [3.8, 4) is 0 Å². The highest BCUT2D eigenvalue weighted by molar-refractivity contribution is 5.93. The van der Waals surface area contributed by atoms with Crippen LogP contribution < -0.4 is 10.6 Å². The number of hydrogen-bond donors (Lipinski definition) is 3. The molecule has 0 bridgehead atoms. The van der Waals surface area contributed by atoms with Crippen LogP contribution in [0.1, 0.15) is 101 Å². The van der Waals surface area contributed by atoms with Crippen LogP contribution in [0.5, 0.6) is 0 Å². The number of nitrogens with zero attached hydrogens (tertiary/aromatic N) is 4. The van der Waals surface area contributed by atoms with E-state index < -0.39 is 0 Å². The Morgan fingerprint density at radius 2 is 1.32 bits per heavy atom. The second kappa shape index (κ2) is 10.3. The van der Waals surface area contributed by atoms with Gasteiger partial charge in [-0.15, -0.1) is 0 Å². The van der Waals surface area contributed by atoms with Crippen molar-refractivity contribution in [2.24, 2.45) is 4.99 Å². The van der Waals surface area contributed by atoms with E-state index in [1.807, 2.05) is 7.05 Å². The lowest BCUT2D eigenvalue weighted by Gasteiger charge is -2.55. The maximum absolute atomic E-state index is 9.05. The lowest BCUT2D eigenvalue weighted by atomic mass is 9.77. The number of piperidine rings is 2.